The van der Waals surface area contributed by atoms with E-state index in [1.165, 1.54) is 6.07 Å². The summed E-state index contributed by atoms with van der Waals surface area (Å²) in [7, 11) is 0. The molecule has 0 aliphatic rings. The Morgan fingerprint density at radius 2 is 2.21 bits per heavy atom. The van der Waals surface area contributed by atoms with Gasteiger partial charge >= 0.3 is 5.97 Å². The molecule has 1 atom stereocenters. The van der Waals surface area contributed by atoms with Crippen LogP contribution < -0.4 is 5.73 Å². The molecule has 0 aliphatic carbocycles. The number of hydrogen-bond donors (Lipinski definition) is 3. The van der Waals surface area contributed by atoms with Crippen molar-refractivity contribution in [3.63, 3.8) is 0 Å². The van der Waals surface area contributed by atoms with Crippen LogP contribution in [0.25, 0.3) is 0 Å². The predicted octanol–water partition coefficient (Wildman–Crippen LogP) is 0.655. The first kappa shape index (κ1) is 10.5. The van der Waals surface area contributed by atoms with E-state index in [1.54, 1.807) is 12.1 Å². The number of rotatable bonds is 3. The fourth-order valence-corrected chi connectivity index (χ4v) is 1.20. The number of nitrogens with two attached hydrogens (primary N) is 1. The second-order valence-corrected chi connectivity index (χ2v) is 3.26. The van der Waals surface area contributed by atoms with Crippen molar-refractivity contribution in [2.75, 3.05) is 0 Å². The summed E-state index contributed by atoms with van der Waals surface area (Å²) < 4.78 is 0. The van der Waals surface area contributed by atoms with E-state index in [0.717, 1.165) is 11.1 Å². The Hall–Kier alpha value is -1.55. The van der Waals surface area contributed by atoms with Crippen molar-refractivity contribution in [3.05, 3.63) is 29.3 Å². The average Bonchev–Trinajstić information content (AvgIpc) is 2.11. The lowest BCUT2D eigenvalue weighted by Gasteiger charge is -2.09. The molecule has 0 aliphatic heterocycles. The number of aromatic hydroxyl groups is 1. The molecule has 1 aromatic carbocycles. The van der Waals surface area contributed by atoms with Crippen molar-refractivity contribution in [2.24, 2.45) is 5.73 Å². The molecule has 0 unspecified atom stereocenters. The topological polar surface area (TPSA) is 83.5 Å². The van der Waals surface area contributed by atoms with E-state index in [-0.39, 0.29) is 12.2 Å². The van der Waals surface area contributed by atoms with E-state index in [9.17, 15) is 9.90 Å². The van der Waals surface area contributed by atoms with E-state index in [2.05, 4.69) is 0 Å². The third-order valence-corrected chi connectivity index (χ3v) is 2.09. The minimum absolute atomic E-state index is 0.128. The highest BCUT2D eigenvalue weighted by Gasteiger charge is 2.13. The Morgan fingerprint density at radius 1 is 1.57 bits per heavy atom. The summed E-state index contributed by atoms with van der Waals surface area (Å²) in [6.45, 7) is 1.85. The highest BCUT2D eigenvalue weighted by atomic mass is 16.4. The quantitative estimate of drug-likeness (QED) is 0.661. The average molecular weight is 195 g/mol. The number of phenolic OH excluding ortho intramolecular Hbond substituents is 1. The van der Waals surface area contributed by atoms with Crippen LogP contribution in [0.3, 0.4) is 0 Å². The number of hydrogen-bond acceptors (Lipinski definition) is 3. The van der Waals surface area contributed by atoms with Crippen molar-refractivity contribution in [1.82, 2.24) is 0 Å². The highest BCUT2D eigenvalue weighted by Crippen LogP contribution is 2.16. The van der Waals surface area contributed by atoms with Gasteiger partial charge < -0.3 is 15.9 Å². The zero-order valence-electron chi connectivity index (χ0n) is 7.90. The molecule has 0 aromatic heterocycles. The molecule has 4 N–H and O–H groups in total. The third kappa shape index (κ3) is 2.47. The first-order valence-electron chi connectivity index (χ1n) is 4.27. The van der Waals surface area contributed by atoms with Gasteiger partial charge in [0.2, 0.25) is 0 Å². The molecule has 0 saturated heterocycles. The van der Waals surface area contributed by atoms with Gasteiger partial charge in [0.1, 0.15) is 11.8 Å². The van der Waals surface area contributed by atoms with Crippen LogP contribution in [0.4, 0.5) is 0 Å². The summed E-state index contributed by atoms with van der Waals surface area (Å²) in [5.41, 5.74) is 7.08. The molecule has 0 fully saturated rings. The first-order valence-corrected chi connectivity index (χ1v) is 4.27. The van der Waals surface area contributed by atoms with Crippen LogP contribution in [0, 0.1) is 6.92 Å². The lowest BCUT2D eigenvalue weighted by atomic mass is 10.0. The molecular formula is C10H13NO3. The Bertz CT molecular complexity index is 349. The Balaban J connectivity index is 2.85. The maximum Gasteiger partial charge on any atom is 0.320 e. The van der Waals surface area contributed by atoms with Crippen LogP contribution >= 0.6 is 0 Å². The fraction of sp³-hybridized carbons (Fsp3) is 0.300. The van der Waals surface area contributed by atoms with Crippen molar-refractivity contribution < 1.29 is 15.0 Å². The second kappa shape index (κ2) is 4.11. The van der Waals surface area contributed by atoms with Crippen molar-refractivity contribution in [3.8, 4) is 5.75 Å². The maximum absolute atomic E-state index is 10.5. The molecule has 1 rings (SSSR count). The predicted molar refractivity (Wildman–Crippen MR) is 52.2 cm³/mol. The minimum Gasteiger partial charge on any atom is -0.508 e. The molecule has 0 saturated carbocycles. The summed E-state index contributed by atoms with van der Waals surface area (Å²) in [5, 5.41) is 17.8. The van der Waals surface area contributed by atoms with Crippen LogP contribution in [0.2, 0.25) is 0 Å². The molecule has 4 nitrogen and oxygen atoms in total. The lowest BCUT2D eigenvalue weighted by molar-refractivity contribution is -0.138. The van der Waals surface area contributed by atoms with E-state index in [1.807, 2.05) is 6.92 Å². The van der Waals surface area contributed by atoms with Crippen molar-refractivity contribution in [2.45, 2.75) is 19.4 Å². The normalized spacial score (nSPS) is 12.4. The smallest absolute Gasteiger partial charge is 0.320 e. The molecule has 4 heteroatoms. The Labute approximate surface area is 82.0 Å². The molecular weight excluding hydrogens is 182 g/mol. The lowest BCUT2D eigenvalue weighted by Crippen LogP contribution is -2.32. The van der Waals surface area contributed by atoms with Crippen LogP contribution in [-0.4, -0.2) is 22.2 Å². The van der Waals surface area contributed by atoms with E-state index in [0.29, 0.717) is 0 Å². The van der Waals surface area contributed by atoms with Gasteiger partial charge in [0, 0.05) is 0 Å². The van der Waals surface area contributed by atoms with Gasteiger partial charge in [0.05, 0.1) is 0 Å². The van der Waals surface area contributed by atoms with Gasteiger partial charge in [0.25, 0.3) is 0 Å². The van der Waals surface area contributed by atoms with Crippen LogP contribution in [-0.2, 0) is 11.2 Å². The molecule has 14 heavy (non-hydrogen) atoms. The van der Waals surface area contributed by atoms with Crippen LogP contribution in [0.15, 0.2) is 18.2 Å². The van der Waals surface area contributed by atoms with E-state index in [4.69, 9.17) is 10.8 Å². The summed E-state index contributed by atoms with van der Waals surface area (Å²) in [6.07, 6.45) is 0.232. The minimum atomic E-state index is -1.03. The Morgan fingerprint density at radius 3 is 2.79 bits per heavy atom. The molecule has 0 amide bonds. The molecule has 0 radical (unpaired) electrons. The standard InChI is InChI=1S/C10H13NO3/c1-6-2-3-8(12)4-7(6)5-9(11)10(13)14/h2-4,9,12H,5,11H2,1H3,(H,13,14)/t9-/m1/s1. The van der Waals surface area contributed by atoms with E-state index >= 15 is 0 Å². The zero-order valence-corrected chi connectivity index (χ0v) is 7.90. The fourth-order valence-electron chi connectivity index (χ4n) is 1.20. The number of carbonyl (C=O) groups is 1. The molecule has 0 heterocycles. The summed E-state index contributed by atoms with van der Waals surface area (Å²) in [5.74, 6) is -0.907. The van der Waals surface area contributed by atoms with E-state index < -0.39 is 12.0 Å². The number of carboxylic acid groups (broad SMARTS) is 1. The summed E-state index contributed by atoms with van der Waals surface area (Å²) in [6, 6.07) is 3.91. The number of benzene rings is 1. The number of phenols is 1. The monoisotopic (exact) mass is 195 g/mol. The highest BCUT2D eigenvalue weighted by molar-refractivity contribution is 5.73. The van der Waals surface area contributed by atoms with Gasteiger partial charge in [0.15, 0.2) is 0 Å². The Kier molecular flexibility index (Phi) is 3.09. The van der Waals surface area contributed by atoms with Gasteiger partial charge in [-0.3, -0.25) is 4.79 Å². The van der Waals surface area contributed by atoms with Gasteiger partial charge in [-0.1, -0.05) is 6.07 Å². The molecule has 0 spiro atoms. The van der Waals surface area contributed by atoms with Gasteiger partial charge in [-0.05, 0) is 36.6 Å². The second-order valence-electron chi connectivity index (χ2n) is 3.26. The van der Waals surface area contributed by atoms with Crippen LogP contribution in [0.1, 0.15) is 11.1 Å². The molecule has 0 bridgehead atoms. The van der Waals surface area contributed by atoms with Crippen molar-refractivity contribution in [1.29, 1.82) is 0 Å². The van der Waals surface area contributed by atoms with Crippen LogP contribution in [0.5, 0.6) is 5.75 Å². The van der Waals surface area contributed by atoms with Crippen molar-refractivity contribution >= 4 is 5.97 Å². The summed E-state index contributed by atoms with van der Waals surface area (Å²) in [4.78, 5) is 10.5. The number of aliphatic carboxylic acids is 1. The van der Waals surface area contributed by atoms with Gasteiger partial charge in [-0.25, -0.2) is 0 Å². The largest absolute Gasteiger partial charge is 0.508 e. The zero-order chi connectivity index (χ0) is 10.7. The maximum atomic E-state index is 10.5. The van der Waals surface area contributed by atoms with Gasteiger partial charge in [-0.15, -0.1) is 0 Å². The number of aryl methyl sites for hydroxylation is 1. The number of carboxylic acids is 1. The third-order valence-electron chi connectivity index (χ3n) is 2.09. The SMILES string of the molecule is Cc1ccc(O)cc1C[C@@H](N)C(=O)O. The van der Waals surface area contributed by atoms with Gasteiger partial charge in [-0.2, -0.15) is 0 Å². The first-order chi connectivity index (χ1) is 6.50. The molecule has 76 valence electrons. The summed E-state index contributed by atoms with van der Waals surface area (Å²) >= 11 is 0. The molecule has 1 aromatic rings.